The van der Waals surface area contributed by atoms with E-state index in [2.05, 4.69) is 15.8 Å². The molecule has 0 heterocycles. The van der Waals surface area contributed by atoms with E-state index >= 15 is 0 Å². The molecule has 0 aromatic heterocycles. The van der Waals surface area contributed by atoms with Crippen molar-refractivity contribution in [2.75, 3.05) is 6.61 Å². The number of aryl methyl sites for hydroxylation is 1. The molecule has 0 unspecified atom stereocenters. The molecule has 0 atom stereocenters. The van der Waals surface area contributed by atoms with E-state index in [1.54, 1.807) is 0 Å². The number of carbonyl (C=O) groups excluding carboxylic acids is 2. The zero-order chi connectivity index (χ0) is 16.5. The van der Waals surface area contributed by atoms with Gasteiger partial charge in [-0.15, -0.1) is 0 Å². The second-order valence-electron chi connectivity index (χ2n) is 5.78. The molecule has 1 fully saturated rings. The molecular weight excluding hydrogens is 294 g/mol. The molecule has 0 bridgehead atoms. The summed E-state index contributed by atoms with van der Waals surface area (Å²) in [4.78, 5) is 28.1. The van der Waals surface area contributed by atoms with Crippen molar-refractivity contribution in [3.05, 3.63) is 35.4 Å². The zero-order valence-electron chi connectivity index (χ0n) is 13.4. The lowest BCUT2D eigenvalue weighted by Crippen LogP contribution is -2.46. The van der Waals surface area contributed by atoms with E-state index in [0.29, 0.717) is 0 Å². The highest BCUT2D eigenvalue weighted by atomic mass is 16.6. The first-order valence-electron chi connectivity index (χ1n) is 7.96. The van der Waals surface area contributed by atoms with Crippen LogP contribution in [0, 0.1) is 6.92 Å². The van der Waals surface area contributed by atoms with E-state index in [1.807, 2.05) is 31.2 Å². The molecule has 0 radical (unpaired) electrons. The van der Waals surface area contributed by atoms with Crippen molar-refractivity contribution in [1.29, 1.82) is 0 Å². The van der Waals surface area contributed by atoms with E-state index in [0.717, 1.165) is 36.8 Å². The predicted molar refractivity (Wildman–Crippen MR) is 88.3 cm³/mol. The third kappa shape index (κ3) is 6.50. The first kappa shape index (κ1) is 17.0. The molecule has 0 spiro atoms. The van der Waals surface area contributed by atoms with E-state index < -0.39 is 11.9 Å². The van der Waals surface area contributed by atoms with Gasteiger partial charge in [0.25, 0.3) is 5.91 Å². The number of hydrogen-bond acceptors (Lipinski definition) is 4. The lowest BCUT2D eigenvalue weighted by Gasteiger charge is -2.22. The summed E-state index contributed by atoms with van der Waals surface area (Å²) in [6.45, 7) is 1.71. The minimum absolute atomic E-state index is 0.164. The van der Waals surface area contributed by atoms with Crippen molar-refractivity contribution in [3.8, 4) is 0 Å². The fourth-order valence-corrected chi connectivity index (χ4v) is 2.48. The number of rotatable bonds is 5. The number of nitrogens with one attached hydrogen (secondary N) is 2. The normalized spacial score (nSPS) is 15.3. The Morgan fingerprint density at radius 3 is 2.61 bits per heavy atom. The Kier molecular flexibility index (Phi) is 6.59. The average molecular weight is 317 g/mol. The number of nitrogens with zero attached hydrogens (tertiary/aromatic N) is 1. The molecule has 0 aliphatic heterocycles. The molecule has 6 heteroatoms. The average Bonchev–Trinajstić information content (AvgIpc) is 2.54. The standard InChI is InChI=1S/C17H23N3O3/c1-13-7-9-14(10-8-13)11-18-23-12-16(21)20-17(22)19-15-5-3-2-4-6-15/h7-11,15H,2-6,12H2,1H3,(H2,19,20,21,22)/b18-11-. The Labute approximate surface area is 136 Å². The van der Waals surface area contributed by atoms with Crippen molar-refractivity contribution in [1.82, 2.24) is 10.6 Å². The second-order valence-corrected chi connectivity index (χ2v) is 5.78. The SMILES string of the molecule is Cc1ccc(/C=N\OCC(=O)NC(=O)NC2CCCCC2)cc1. The molecule has 2 N–H and O–H groups in total. The summed E-state index contributed by atoms with van der Waals surface area (Å²) in [5, 5.41) is 8.77. The van der Waals surface area contributed by atoms with Gasteiger partial charge in [-0.25, -0.2) is 4.79 Å². The maximum absolute atomic E-state index is 11.7. The third-order valence-electron chi connectivity index (χ3n) is 3.74. The highest BCUT2D eigenvalue weighted by Crippen LogP contribution is 2.17. The van der Waals surface area contributed by atoms with Crippen LogP contribution >= 0.6 is 0 Å². The Hall–Kier alpha value is -2.37. The van der Waals surface area contributed by atoms with Crippen LogP contribution in [0.25, 0.3) is 0 Å². The van der Waals surface area contributed by atoms with Crippen LogP contribution in [0.3, 0.4) is 0 Å². The smallest absolute Gasteiger partial charge is 0.321 e. The van der Waals surface area contributed by atoms with Crippen LogP contribution in [0.4, 0.5) is 4.79 Å². The topological polar surface area (TPSA) is 79.8 Å². The van der Waals surface area contributed by atoms with Gasteiger partial charge in [0.15, 0.2) is 6.61 Å². The van der Waals surface area contributed by atoms with Crippen molar-refractivity contribution < 1.29 is 14.4 Å². The predicted octanol–water partition coefficient (Wildman–Crippen LogP) is 2.50. The van der Waals surface area contributed by atoms with Crippen molar-refractivity contribution >= 4 is 18.2 Å². The maximum atomic E-state index is 11.7. The summed E-state index contributed by atoms with van der Waals surface area (Å²) in [5.74, 6) is -0.514. The summed E-state index contributed by atoms with van der Waals surface area (Å²) in [5.41, 5.74) is 2.04. The highest BCUT2D eigenvalue weighted by Gasteiger charge is 2.16. The second kappa shape index (κ2) is 8.92. The maximum Gasteiger partial charge on any atom is 0.321 e. The molecule has 1 aromatic carbocycles. The van der Waals surface area contributed by atoms with E-state index in [-0.39, 0.29) is 12.6 Å². The molecule has 1 aliphatic rings. The number of benzene rings is 1. The van der Waals surface area contributed by atoms with Crippen LogP contribution in [0.5, 0.6) is 0 Å². The highest BCUT2D eigenvalue weighted by molar-refractivity contribution is 5.95. The van der Waals surface area contributed by atoms with Gasteiger partial charge in [0.1, 0.15) is 0 Å². The van der Waals surface area contributed by atoms with Crippen LogP contribution in [0.15, 0.2) is 29.4 Å². The van der Waals surface area contributed by atoms with Crippen LogP contribution in [0.1, 0.15) is 43.2 Å². The van der Waals surface area contributed by atoms with Crippen LogP contribution in [0.2, 0.25) is 0 Å². The summed E-state index contributed by atoms with van der Waals surface area (Å²) in [6.07, 6.45) is 6.92. The van der Waals surface area contributed by atoms with Gasteiger partial charge in [-0.1, -0.05) is 54.2 Å². The minimum Gasteiger partial charge on any atom is -0.386 e. The first-order chi connectivity index (χ1) is 11.1. The first-order valence-corrected chi connectivity index (χ1v) is 7.96. The molecule has 6 nitrogen and oxygen atoms in total. The van der Waals surface area contributed by atoms with Crippen LogP contribution < -0.4 is 10.6 Å². The molecule has 0 saturated heterocycles. The van der Waals surface area contributed by atoms with Crippen LogP contribution in [-0.2, 0) is 9.63 Å². The fraction of sp³-hybridized carbons (Fsp3) is 0.471. The van der Waals surface area contributed by atoms with Gasteiger partial charge in [-0.2, -0.15) is 0 Å². The summed E-state index contributed by atoms with van der Waals surface area (Å²) < 4.78 is 0. The van der Waals surface area contributed by atoms with Crippen molar-refractivity contribution in [2.24, 2.45) is 5.16 Å². The number of carbonyl (C=O) groups is 2. The molecule has 124 valence electrons. The number of oxime groups is 1. The molecule has 1 aliphatic carbocycles. The molecule has 23 heavy (non-hydrogen) atoms. The molecule has 2 rings (SSSR count). The quantitative estimate of drug-likeness (QED) is 0.647. The molecule has 3 amide bonds. The Morgan fingerprint density at radius 2 is 1.91 bits per heavy atom. The van der Waals surface area contributed by atoms with Crippen molar-refractivity contribution in [2.45, 2.75) is 45.1 Å². The van der Waals surface area contributed by atoms with Crippen LogP contribution in [-0.4, -0.2) is 30.8 Å². The lowest BCUT2D eigenvalue weighted by molar-refractivity contribution is -0.124. The lowest BCUT2D eigenvalue weighted by atomic mass is 9.96. The summed E-state index contributed by atoms with van der Waals surface area (Å²) in [7, 11) is 0. The Balaban J connectivity index is 1.64. The third-order valence-corrected chi connectivity index (χ3v) is 3.74. The minimum atomic E-state index is -0.514. The van der Waals surface area contributed by atoms with E-state index in [4.69, 9.17) is 4.84 Å². The monoisotopic (exact) mass is 317 g/mol. The largest absolute Gasteiger partial charge is 0.386 e. The summed E-state index contributed by atoms with van der Waals surface area (Å²) >= 11 is 0. The van der Waals surface area contributed by atoms with Gasteiger partial charge < -0.3 is 10.2 Å². The molecule has 1 saturated carbocycles. The fourth-order valence-electron chi connectivity index (χ4n) is 2.48. The van der Waals surface area contributed by atoms with Gasteiger partial charge in [-0.3, -0.25) is 10.1 Å². The number of hydrogen-bond donors (Lipinski definition) is 2. The Bertz CT molecular complexity index is 549. The van der Waals surface area contributed by atoms with E-state index in [1.165, 1.54) is 12.6 Å². The zero-order valence-corrected chi connectivity index (χ0v) is 13.4. The Morgan fingerprint density at radius 1 is 1.22 bits per heavy atom. The van der Waals surface area contributed by atoms with Gasteiger partial charge in [0.2, 0.25) is 0 Å². The van der Waals surface area contributed by atoms with E-state index in [9.17, 15) is 9.59 Å². The summed E-state index contributed by atoms with van der Waals surface area (Å²) in [6, 6.07) is 7.43. The van der Waals surface area contributed by atoms with Gasteiger partial charge >= 0.3 is 6.03 Å². The van der Waals surface area contributed by atoms with Gasteiger partial charge in [0, 0.05) is 6.04 Å². The van der Waals surface area contributed by atoms with Gasteiger partial charge in [-0.05, 0) is 25.3 Å². The molecular formula is C17H23N3O3. The molecule has 1 aromatic rings. The van der Waals surface area contributed by atoms with Crippen molar-refractivity contribution in [3.63, 3.8) is 0 Å². The van der Waals surface area contributed by atoms with Gasteiger partial charge in [0.05, 0.1) is 6.21 Å². The number of amides is 3. The number of urea groups is 1. The number of imide groups is 1.